The fraction of sp³-hybridized carbons (Fsp3) is 0.292. The van der Waals surface area contributed by atoms with Crippen LogP contribution in [-0.2, 0) is 0 Å². The van der Waals surface area contributed by atoms with Crippen molar-refractivity contribution in [1.82, 2.24) is 9.55 Å². The number of hydrogen-bond acceptors (Lipinski definition) is 3. The molecule has 0 spiro atoms. The minimum Gasteiger partial charge on any atom is -0.393 e. The molecule has 1 aliphatic rings. The van der Waals surface area contributed by atoms with Crippen LogP contribution in [0.4, 0.5) is 0 Å². The molecule has 0 radical (unpaired) electrons. The molecule has 142 valence electrons. The van der Waals surface area contributed by atoms with Crippen molar-refractivity contribution in [2.45, 2.75) is 37.8 Å². The maximum Gasteiger partial charge on any atom is 0.138 e. The molecule has 4 rings (SSSR count). The van der Waals surface area contributed by atoms with E-state index in [0.717, 1.165) is 17.0 Å². The first-order valence-electron chi connectivity index (χ1n) is 9.69. The first kappa shape index (κ1) is 18.5. The zero-order valence-electron chi connectivity index (χ0n) is 15.9. The van der Waals surface area contributed by atoms with Crippen LogP contribution in [0.3, 0.4) is 0 Å². The molecular weight excluding hydrogens is 348 g/mol. The van der Waals surface area contributed by atoms with Crippen molar-refractivity contribution in [3.8, 4) is 23.0 Å². The lowest BCUT2D eigenvalue weighted by Gasteiger charge is -2.14. The van der Waals surface area contributed by atoms with Crippen LogP contribution in [0, 0.1) is 11.8 Å². The Balaban J connectivity index is 1.50. The highest BCUT2D eigenvalue weighted by Gasteiger charge is 2.22. The summed E-state index contributed by atoms with van der Waals surface area (Å²) in [7, 11) is 0. The first-order valence-corrected chi connectivity index (χ1v) is 9.69. The Morgan fingerprint density at radius 1 is 1.07 bits per heavy atom. The fourth-order valence-corrected chi connectivity index (χ4v) is 3.39. The normalized spacial score (nSPS) is 15.5. The second-order valence-electron chi connectivity index (χ2n) is 7.31. The van der Waals surface area contributed by atoms with E-state index in [1.54, 1.807) is 23.9 Å². The number of aliphatic hydroxyl groups is 2. The average molecular weight is 372 g/mol. The molecule has 1 aromatic heterocycles. The topological polar surface area (TPSA) is 58.3 Å². The zero-order valence-corrected chi connectivity index (χ0v) is 15.9. The minimum absolute atomic E-state index is 0.144. The van der Waals surface area contributed by atoms with Gasteiger partial charge >= 0.3 is 0 Å². The maximum atomic E-state index is 9.80. The SMILES string of the molecule is CC(O)c1nccn1C(C#Cc1ccc(-c2ccc(C3CC3)cc2)cc1)CO. The Hall–Kier alpha value is -2.87. The van der Waals surface area contributed by atoms with E-state index in [1.165, 1.54) is 24.0 Å². The molecule has 2 unspecified atom stereocenters. The number of hydrogen-bond donors (Lipinski definition) is 2. The van der Waals surface area contributed by atoms with Crippen LogP contribution in [0.1, 0.15) is 54.8 Å². The van der Waals surface area contributed by atoms with Crippen LogP contribution in [0.15, 0.2) is 60.9 Å². The van der Waals surface area contributed by atoms with Gasteiger partial charge in [0.15, 0.2) is 0 Å². The molecule has 1 saturated carbocycles. The third kappa shape index (κ3) is 4.01. The second-order valence-corrected chi connectivity index (χ2v) is 7.31. The molecule has 28 heavy (non-hydrogen) atoms. The standard InChI is InChI=1S/C24H24N2O2/c1-17(28)24-25-14-15-26(24)23(16-27)13-4-18-2-5-19(6-3-18)20-7-9-21(10-8-20)22-11-12-22/h2-3,5-10,14-15,17,22-23,27-28H,11-12,16H2,1H3. The van der Waals surface area contributed by atoms with Gasteiger partial charge in [-0.3, -0.25) is 0 Å². The van der Waals surface area contributed by atoms with Gasteiger partial charge in [-0.25, -0.2) is 4.98 Å². The van der Waals surface area contributed by atoms with Crippen LogP contribution in [-0.4, -0.2) is 26.4 Å². The third-order valence-electron chi connectivity index (χ3n) is 5.14. The van der Waals surface area contributed by atoms with Crippen molar-refractivity contribution < 1.29 is 10.2 Å². The smallest absolute Gasteiger partial charge is 0.138 e. The molecular formula is C24H24N2O2. The zero-order chi connectivity index (χ0) is 19.5. The molecule has 0 bridgehead atoms. The number of aliphatic hydroxyl groups excluding tert-OH is 2. The lowest BCUT2D eigenvalue weighted by Crippen LogP contribution is -2.15. The van der Waals surface area contributed by atoms with Crippen molar-refractivity contribution in [1.29, 1.82) is 0 Å². The van der Waals surface area contributed by atoms with Crippen LogP contribution < -0.4 is 0 Å². The molecule has 0 saturated heterocycles. The van der Waals surface area contributed by atoms with E-state index >= 15 is 0 Å². The van der Waals surface area contributed by atoms with Crippen LogP contribution in [0.25, 0.3) is 11.1 Å². The van der Waals surface area contributed by atoms with Crippen molar-refractivity contribution in [3.63, 3.8) is 0 Å². The van der Waals surface area contributed by atoms with Gasteiger partial charge in [-0.1, -0.05) is 48.2 Å². The molecule has 4 nitrogen and oxygen atoms in total. The Morgan fingerprint density at radius 2 is 1.71 bits per heavy atom. The lowest BCUT2D eigenvalue weighted by molar-refractivity contribution is 0.176. The predicted molar refractivity (Wildman–Crippen MR) is 110 cm³/mol. The molecule has 2 N–H and O–H groups in total. The predicted octanol–water partition coefficient (Wildman–Crippen LogP) is 4.07. The monoisotopic (exact) mass is 372 g/mol. The number of benzene rings is 2. The molecule has 0 aliphatic heterocycles. The molecule has 1 fully saturated rings. The highest BCUT2D eigenvalue weighted by molar-refractivity contribution is 5.64. The summed E-state index contributed by atoms with van der Waals surface area (Å²) in [5, 5.41) is 19.5. The maximum absolute atomic E-state index is 9.80. The summed E-state index contributed by atoms with van der Waals surface area (Å²) in [6.45, 7) is 1.51. The quantitative estimate of drug-likeness (QED) is 0.664. The van der Waals surface area contributed by atoms with E-state index in [4.69, 9.17) is 0 Å². The van der Waals surface area contributed by atoms with Gasteiger partial charge in [0.2, 0.25) is 0 Å². The van der Waals surface area contributed by atoms with Gasteiger partial charge in [-0.05, 0) is 54.5 Å². The van der Waals surface area contributed by atoms with Gasteiger partial charge in [0, 0.05) is 18.0 Å². The number of rotatable bonds is 5. The van der Waals surface area contributed by atoms with Gasteiger partial charge in [0.1, 0.15) is 18.0 Å². The van der Waals surface area contributed by atoms with E-state index in [9.17, 15) is 10.2 Å². The second kappa shape index (κ2) is 8.02. The molecule has 1 heterocycles. The average Bonchev–Trinajstić information content (AvgIpc) is 3.46. The van der Waals surface area contributed by atoms with Crippen LogP contribution in [0.2, 0.25) is 0 Å². The Bertz CT molecular complexity index is 988. The van der Waals surface area contributed by atoms with Crippen molar-refractivity contribution in [2.24, 2.45) is 0 Å². The summed E-state index contributed by atoms with van der Waals surface area (Å²) in [6, 6.07) is 16.5. The van der Waals surface area contributed by atoms with E-state index in [-0.39, 0.29) is 6.61 Å². The number of nitrogens with zero attached hydrogens (tertiary/aromatic N) is 2. The van der Waals surface area contributed by atoms with E-state index < -0.39 is 12.1 Å². The van der Waals surface area contributed by atoms with Crippen LogP contribution in [0.5, 0.6) is 0 Å². The number of aromatic nitrogens is 2. The molecule has 2 aromatic carbocycles. The first-order chi connectivity index (χ1) is 13.7. The Kier molecular flexibility index (Phi) is 5.29. The van der Waals surface area contributed by atoms with E-state index in [1.807, 2.05) is 12.1 Å². The van der Waals surface area contributed by atoms with Crippen LogP contribution >= 0.6 is 0 Å². The number of imidazole rings is 1. The van der Waals surface area contributed by atoms with E-state index in [2.05, 4.69) is 53.2 Å². The van der Waals surface area contributed by atoms with Crippen molar-refractivity contribution >= 4 is 0 Å². The summed E-state index contributed by atoms with van der Waals surface area (Å²) in [5.74, 6) is 7.47. The molecule has 3 aromatic rings. The third-order valence-corrected chi connectivity index (χ3v) is 5.14. The highest BCUT2D eigenvalue weighted by Crippen LogP contribution is 2.40. The van der Waals surface area contributed by atoms with Crippen molar-refractivity contribution in [3.05, 3.63) is 77.9 Å². The minimum atomic E-state index is -0.712. The molecule has 4 heteroatoms. The summed E-state index contributed by atoms with van der Waals surface area (Å²) in [4.78, 5) is 4.14. The summed E-state index contributed by atoms with van der Waals surface area (Å²) in [6.07, 6.45) is 5.26. The molecule has 0 amide bonds. The summed E-state index contributed by atoms with van der Waals surface area (Å²) >= 11 is 0. The van der Waals surface area contributed by atoms with Gasteiger partial charge in [-0.15, -0.1) is 0 Å². The summed E-state index contributed by atoms with van der Waals surface area (Å²) in [5.41, 5.74) is 4.70. The molecule has 2 atom stereocenters. The van der Waals surface area contributed by atoms with Gasteiger partial charge in [0.05, 0.1) is 6.61 Å². The van der Waals surface area contributed by atoms with Crippen molar-refractivity contribution in [2.75, 3.05) is 6.61 Å². The van der Waals surface area contributed by atoms with Gasteiger partial charge < -0.3 is 14.8 Å². The largest absolute Gasteiger partial charge is 0.393 e. The fourth-order valence-electron chi connectivity index (χ4n) is 3.39. The Morgan fingerprint density at radius 3 is 2.29 bits per heavy atom. The van der Waals surface area contributed by atoms with Gasteiger partial charge in [0.25, 0.3) is 0 Å². The highest BCUT2D eigenvalue weighted by atomic mass is 16.3. The van der Waals surface area contributed by atoms with Gasteiger partial charge in [-0.2, -0.15) is 0 Å². The lowest BCUT2D eigenvalue weighted by atomic mass is 10.0. The Labute approximate surface area is 165 Å². The summed E-state index contributed by atoms with van der Waals surface area (Å²) < 4.78 is 1.72. The molecule has 1 aliphatic carbocycles. The van der Waals surface area contributed by atoms with E-state index in [0.29, 0.717) is 5.82 Å².